The number of hydrogen-bond donors (Lipinski definition) is 1. The number of benzene rings is 1. The van der Waals surface area contributed by atoms with Gasteiger partial charge in [0.2, 0.25) is 0 Å². The number of nitroso groups, excluding NO2 is 1. The topological polar surface area (TPSA) is 40.3 Å². The summed E-state index contributed by atoms with van der Waals surface area (Å²) >= 11 is 3.29. The molecule has 1 aromatic carbocycles. The van der Waals surface area contributed by atoms with Crippen LogP contribution in [-0.2, 0) is 0 Å². The molecule has 4 heteroatoms. The Balaban J connectivity index is 2.65. The monoisotopic (exact) mass is 240 g/mol. The third-order valence-corrected chi connectivity index (χ3v) is 2.63. The van der Waals surface area contributed by atoms with Gasteiger partial charge in [-0.05, 0) is 22.0 Å². The lowest BCUT2D eigenvalue weighted by Gasteiger charge is -2.08. The van der Waals surface area contributed by atoms with Crippen molar-refractivity contribution in [2.75, 3.05) is 0 Å². The van der Waals surface area contributed by atoms with Crippen LogP contribution in [0.2, 0.25) is 0 Å². The minimum Gasteiger partial charge on any atom is -0.330 e. The van der Waals surface area contributed by atoms with Gasteiger partial charge in [-0.1, -0.05) is 12.1 Å². The largest absolute Gasteiger partial charge is 0.330 e. The molecule has 0 saturated heterocycles. The van der Waals surface area contributed by atoms with Gasteiger partial charge in [0.1, 0.15) is 0 Å². The average molecular weight is 241 g/mol. The Morgan fingerprint density at radius 1 is 1.38 bits per heavy atom. The molecule has 1 N–H and O–H groups in total. The number of aliphatic hydroxyl groups is 1. The maximum absolute atomic E-state index is 11.4. The van der Waals surface area contributed by atoms with Crippen LogP contribution in [0.15, 0.2) is 30.3 Å². The lowest BCUT2D eigenvalue weighted by atomic mass is 10.1. The van der Waals surface area contributed by atoms with E-state index in [-0.39, 0.29) is 0 Å². The zero-order valence-corrected chi connectivity index (χ0v) is 8.23. The first-order chi connectivity index (χ1) is 6.20. The van der Waals surface area contributed by atoms with Crippen molar-refractivity contribution in [1.82, 2.24) is 0 Å². The van der Waals surface area contributed by atoms with Crippen molar-refractivity contribution in [2.45, 2.75) is 6.23 Å². The summed E-state index contributed by atoms with van der Waals surface area (Å²) in [5.41, 5.74) is 1.30. The number of fused-ring (bicyclic) bond motifs is 1. The van der Waals surface area contributed by atoms with E-state index in [2.05, 4.69) is 15.9 Å². The molecule has 0 bridgehead atoms. The number of para-hydroxylation sites is 1. The van der Waals surface area contributed by atoms with Crippen LogP contribution in [0, 0.1) is 4.91 Å². The minimum absolute atomic E-state index is 0.490. The van der Waals surface area contributed by atoms with E-state index < -0.39 is 6.23 Å². The van der Waals surface area contributed by atoms with Gasteiger partial charge in [-0.2, -0.15) is 0 Å². The maximum atomic E-state index is 11.4. The number of aliphatic hydroxyl groups excluding tert-OH is 1. The SMILES string of the molecule is O=[N+]1c2ccccc2C(Br)=CC1O. The summed E-state index contributed by atoms with van der Waals surface area (Å²) in [7, 11) is 0. The average Bonchev–Trinajstić information content (AvgIpc) is 2.15. The molecule has 0 aromatic heterocycles. The first kappa shape index (κ1) is 8.59. The molecule has 3 nitrogen and oxygen atoms in total. The van der Waals surface area contributed by atoms with Crippen LogP contribution in [0.1, 0.15) is 5.56 Å². The highest BCUT2D eigenvalue weighted by atomic mass is 79.9. The third-order valence-electron chi connectivity index (χ3n) is 1.93. The Morgan fingerprint density at radius 3 is 2.85 bits per heavy atom. The summed E-state index contributed by atoms with van der Waals surface area (Å²) in [6.07, 6.45) is 0.374. The normalized spacial score (nSPS) is 20.9. The van der Waals surface area contributed by atoms with E-state index in [4.69, 9.17) is 0 Å². The van der Waals surface area contributed by atoms with Crippen LogP contribution in [0.4, 0.5) is 5.69 Å². The molecule has 0 radical (unpaired) electrons. The molecule has 0 aliphatic carbocycles. The molecule has 0 amide bonds. The van der Waals surface area contributed by atoms with Crippen LogP contribution in [0.5, 0.6) is 0 Å². The van der Waals surface area contributed by atoms with Gasteiger partial charge in [-0.15, -0.1) is 0 Å². The molecule has 13 heavy (non-hydrogen) atoms. The van der Waals surface area contributed by atoms with Gasteiger partial charge in [-0.3, -0.25) is 0 Å². The maximum Gasteiger partial charge on any atom is 0.330 e. The second kappa shape index (κ2) is 3.05. The zero-order chi connectivity index (χ0) is 9.42. The quantitative estimate of drug-likeness (QED) is 0.707. The van der Waals surface area contributed by atoms with E-state index in [9.17, 15) is 10.0 Å². The second-order valence-corrected chi connectivity index (χ2v) is 3.63. The predicted molar refractivity (Wildman–Crippen MR) is 52.6 cm³/mol. The van der Waals surface area contributed by atoms with Gasteiger partial charge in [-0.25, -0.2) is 0 Å². The molecule has 2 rings (SSSR count). The Hall–Kier alpha value is -1.00. The summed E-state index contributed by atoms with van der Waals surface area (Å²) in [4.78, 5) is 11.4. The van der Waals surface area contributed by atoms with Crippen LogP contribution in [0.3, 0.4) is 0 Å². The molecule has 1 unspecified atom stereocenters. The van der Waals surface area contributed by atoms with E-state index in [0.717, 1.165) is 10.0 Å². The van der Waals surface area contributed by atoms with Crippen molar-refractivity contribution in [3.8, 4) is 0 Å². The number of halogens is 1. The van der Waals surface area contributed by atoms with E-state index >= 15 is 0 Å². The van der Waals surface area contributed by atoms with Gasteiger partial charge >= 0.3 is 6.23 Å². The van der Waals surface area contributed by atoms with Crippen LogP contribution in [-0.4, -0.2) is 16.1 Å². The van der Waals surface area contributed by atoms with Crippen LogP contribution < -0.4 is 0 Å². The van der Waals surface area contributed by atoms with E-state index in [1.165, 1.54) is 6.08 Å². The lowest BCUT2D eigenvalue weighted by Crippen LogP contribution is -2.20. The van der Waals surface area contributed by atoms with Gasteiger partial charge in [0.05, 0.1) is 10.3 Å². The first-order valence-corrected chi connectivity index (χ1v) is 4.60. The molecule has 1 aliphatic heterocycles. The summed E-state index contributed by atoms with van der Waals surface area (Å²) in [6, 6.07) is 7.12. The Morgan fingerprint density at radius 2 is 2.08 bits per heavy atom. The predicted octanol–water partition coefficient (Wildman–Crippen LogP) is 2.16. The Bertz CT molecular complexity index is 400. The van der Waals surface area contributed by atoms with Crippen molar-refractivity contribution >= 4 is 26.1 Å². The number of hydrogen-bond acceptors (Lipinski definition) is 2. The van der Waals surface area contributed by atoms with Gasteiger partial charge in [0.25, 0.3) is 5.69 Å². The van der Waals surface area contributed by atoms with Gasteiger partial charge < -0.3 is 5.11 Å². The molecular formula is C9H7BrNO2+. The van der Waals surface area contributed by atoms with E-state index in [0.29, 0.717) is 10.4 Å². The standard InChI is InChI=1S/C9H7BrNO2/c10-7-5-9(12)11(13)8-4-2-1-3-6(7)8/h1-5,9,12H/q+1. The minimum atomic E-state index is -1.09. The van der Waals surface area contributed by atoms with E-state index in [1.807, 2.05) is 12.1 Å². The second-order valence-electron chi connectivity index (χ2n) is 2.77. The Kier molecular flexibility index (Phi) is 2.01. The number of rotatable bonds is 0. The molecule has 0 spiro atoms. The first-order valence-electron chi connectivity index (χ1n) is 3.81. The number of nitrogens with zero attached hydrogens (tertiary/aromatic N) is 1. The summed E-state index contributed by atoms with van der Waals surface area (Å²) in [5, 5.41) is 9.30. The summed E-state index contributed by atoms with van der Waals surface area (Å²) < 4.78 is 1.34. The highest BCUT2D eigenvalue weighted by molar-refractivity contribution is 9.15. The van der Waals surface area contributed by atoms with Crippen molar-refractivity contribution in [1.29, 1.82) is 0 Å². The Labute approximate surface area is 83.4 Å². The van der Waals surface area contributed by atoms with Crippen molar-refractivity contribution < 1.29 is 9.87 Å². The van der Waals surface area contributed by atoms with Crippen LogP contribution in [0.25, 0.3) is 4.48 Å². The molecule has 0 fully saturated rings. The smallest absolute Gasteiger partial charge is 0.330 e. The fourth-order valence-electron chi connectivity index (χ4n) is 1.30. The van der Waals surface area contributed by atoms with Crippen molar-refractivity contribution in [2.24, 2.45) is 0 Å². The van der Waals surface area contributed by atoms with Gasteiger partial charge in [0, 0.05) is 21.5 Å². The highest BCUT2D eigenvalue weighted by Gasteiger charge is 2.31. The molecule has 1 aliphatic rings. The molecular weight excluding hydrogens is 234 g/mol. The van der Waals surface area contributed by atoms with Gasteiger partial charge in [0.15, 0.2) is 0 Å². The zero-order valence-electron chi connectivity index (χ0n) is 6.64. The highest BCUT2D eigenvalue weighted by Crippen LogP contribution is 2.34. The van der Waals surface area contributed by atoms with Crippen LogP contribution >= 0.6 is 15.9 Å². The molecule has 1 heterocycles. The fourth-order valence-corrected chi connectivity index (χ4v) is 1.87. The third kappa shape index (κ3) is 1.32. The fraction of sp³-hybridized carbons (Fsp3) is 0.111. The summed E-state index contributed by atoms with van der Waals surface area (Å²) in [6.45, 7) is 0. The van der Waals surface area contributed by atoms with Crippen molar-refractivity contribution in [3.63, 3.8) is 0 Å². The molecule has 1 atom stereocenters. The molecule has 0 saturated carbocycles. The lowest BCUT2D eigenvalue weighted by molar-refractivity contribution is -0.541. The van der Waals surface area contributed by atoms with E-state index in [1.54, 1.807) is 12.1 Å². The van der Waals surface area contributed by atoms with Crippen molar-refractivity contribution in [3.05, 3.63) is 40.8 Å². The molecule has 66 valence electrons. The summed E-state index contributed by atoms with van der Waals surface area (Å²) in [5.74, 6) is 0. The molecule has 1 aromatic rings.